The molecule has 0 bridgehead atoms. The van der Waals surface area contributed by atoms with Crippen LogP contribution < -0.4 is 10.6 Å². The molecule has 0 radical (unpaired) electrons. The van der Waals surface area contributed by atoms with Gasteiger partial charge in [0.25, 0.3) is 5.91 Å². The molecule has 0 saturated carbocycles. The van der Waals surface area contributed by atoms with E-state index in [1.165, 1.54) is 11.8 Å². The van der Waals surface area contributed by atoms with Gasteiger partial charge in [-0.1, -0.05) is 31.7 Å². The summed E-state index contributed by atoms with van der Waals surface area (Å²) in [6, 6.07) is 5.37. The number of aryl methyl sites for hydroxylation is 1. The number of sulfone groups is 1. The highest BCUT2D eigenvalue weighted by atomic mass is 32.2. The van der Waals surface area contributed by atoms with Crippen LogP contribution in [0, 0.1) is 12.8 Å². The van der Waals surface area contributed by atoms with Crippen LogP contribution in [0.3, 0.4) is 0 Å². The molecule has 1 saturated heterocycles. The Morgan fingerprint density at radius 2 is 2.12 bits per heavy atom. The normalized spacial score (nSPS) is 24.1. The second-order valence-corrected chi connectivity index (χ2v) is 10.4. The lowest BCUT2D eigenvalue weighted by Gasteiger charge is -2.12. The zero-order chi connectivity index (χ0) is 18.2. The Hall–Kier alpha value is -1.54. The van der Waals surface area contributed by atoms with Crippen LogP contribution in [0.25, 0.3) is 0 Å². The molecule has 2 aliphatic rings. The summed E-state index contributed by atoms with van der Waals surface area (Å²) in [5, 5.41) is 6.91. The fourth-order valence-electron chi connectivity index (χ4n) is 2.83. The number of carbonyl (C=O) groups excluding carboxylic acids is 1. The fourth-order valence-corrected chi connectivity index (χ4v) is 6.50. The minimum atomic E-state index is -2.95. The number of nitrogens with zero attached hydrogens (tertiary/aromatic N) is 1. The van der Waals surface area contributed by atoms with E-state index in [-0.39, 0.29) is 28.7 Å². The summed E-state index contributed by atoms with van der Waals surface area (Å²) in [5.41, 5.74) is 2.43. The number of fused-ring (bicyclic) bond motifs is 1. The largest absolute Gasteiger partial charge is 0.352 e. The minimum absolute atomic E-state index is 0.00493. The zero-order valence-corrected chi connectivity index (χ0v) is 16.2. The number of aliphatic imine (C=N–C) groups is 1. The Kier molecular flexibility index (Phi) is 5.11. The third-order valence-corrected chi connectivity index (χ3v) is 7.37. The summed E-state index contributed by atoms with van der Waals surface area (Å²) in [4.78, 5) is 16.7. The smallest absolute Gasteiger partial charge is 0.251 e. The Bertz CT molecular complexity index is 818. The van der Waals surface area contributed by atoms with E-state index in [1.54, 1.807) is 6.07 Å². The maximum Gasteiger partial charge on any atom is 0.251 e. The molecule has 1 amide bonds. The second-order valence-electron chi connectivity index (χ2n) is 6.99. The van der Waals surface area contributed by atoms with Crippen LogP contribution >= 0.6 is 11.8 Å². The van der Waals surface area contributed by atoms with Crippen LogP contribution in [0.5, 0.6) is 0 Å². The number of amides is 1. The van der Waals surface area contributed by atoms with Gasteiger partial charge in [0.05, 0.1) is 17.5 Å². The van der Waals surface area contributed by atoms with Crippen LogP contribution in [-0.4, -0.2) is 48.8 Å². The first-order valence-corrected chi connectivity index (χ1v) is 11.0. The maximum atomic E-state index is 12.2. The first-order valence-electron chi connectivity index (χ1n) is 8.34. The second kappa shape index (κ2) is 6.99. The molecule has 2 aliphatic heterocycles. The Labute approximate surface area is 152 Å². The summed E-state index contributed by atoms with van der Waals surface area (Å²) in [7, 11) is -2.95. The zero-order valence-electron chi connectivity index (χ0n) is 14.6. The van der Waals surface area contributed by atoms with E-state index in [4.69, 9.17) is 0 Å². The molecule has 0 spiro atoms. The monoisotopic (exact) mass is 381 g/mol. The van der Waals surface area contributed by atoms with Gasteiger partial charge in [0.1, 0.15) is 0 Å². The van der Waals surface area contributed by atoms with E-state index < -0.39 is 9.84 Å². The summed E-state index contributed by atoms with van der Waals surface area (Å²) in [6.45, 7) is 6.70. The lowest BCUT2D eigenvalue weighted by atomic mass is 10.1. The number of carbonyl (C=O) groups is 1. The molecule has 1 aromatic rings. The van der Waals surface area contributed by atoms with Crippen LogP contribution in [0.15, 0.2) is 23.2 Å². The van der Waals surface area contributed by atoms with E-state index >= 15 is 0 Å². The van der Waals surface area contributed by atoms with Crippen molar-refractivity contribution in [2.45, 2.75) is 32.1 Å². The van der Waals surface area contributed by atoms with Gasteiger partial charge in [0.2, 0.25) is 0 Å². The molecule has 2 atom stereocenters. The number of hydrogen-bond acceptors (Lipinski definition) is 6. The topological polar surface area (TPSA) is 87.6 Å². The van der Waals surface area contributed by atoms with Crippen molar-refractivity contribution in [1.29, 1.82) is 0 Å². The minimum Gasteiger partial charge on any atom is -0.352 e. The van der Waals surface area contributed by atoms with Crippen molar-refractivity contribution < 1.29 is 13.2 Å². The molecule has 2 heterocycles. The van der Waals surface area contributed by atoms with E-state index in [1.807, 2.05) is 19.1 Å². The Morgan fingerprint density at radius 1 is 1.36 bits per heavy atom. The molecular weight excluding hydrogens is 358 g/mol. The van der Waals surface area contributed by atoms with Crippen LogP contribution in [0.2, 0.25) is 0 Å². The SMILES string of the molecule is Cc1ccc(C(=O)NCC(C)C)cc1NC1=N[C@@H]2CS(=O)(=O)C[C@@H]2S1. The molecule has 0 unspecified atom stereocenters. The lowest BCUT2D eigenvalue weighted by Crippen LogP contribution is -2.27. The van der Waals surface area contributed by atoms with Crippen molar-refractivity contribution >= 4 is 38.4 Å². The standard InChI is InChI=1S/C17H23N3O3S2/c1-10(2)7-18-16(21)12-5-4-11(3)13(6-12)19-17-20-14-8-25(22,23)9-15(14)24-17/h4-6,10,14-15H,7-9H2,1-3H3,(H,18,21)(H,19,20)/t14-,15+/m1/s1. The Morgan fingerprint density at radius 3 is 2.80 bits per heavy atom. The molecule has 136 valence electrons. The number of rotatable bonds is 4. The molecule has 25 heavy (non-hydrogen) atoms. The van der Waals surface area contributed by atoms with E-state index in [0.717, 1.165) is 16.4 Å². The predicted molar refractivity (Wildman–Crippen MR) is 103 cm³/mol. The third-order valence-electron chi connectivity index (χ3n) is 4.23. The van der Waals surface area contributed by atoms with Crippen molar-refractivity contribution in [3.8, 4) is 0 Å². The van der Waals surface area contributed by atoms with Crippen molar-refractivity contribution in [1.82, 2.24) is 5.32 Å². The van der Waals surface area contributed by atoms with Gasteiger partial charge in [0.15, 0.2) is 15.0 Å². The number of amidine groups is 1. The van der Waals surface area contributed by atoms with Crippen molar-refractivity contribution in [2.75, 3.05) is 23.4 Å². The fraction of sp³-hybridized carbons (Fsp3) is 0.529. The van der Waals surface area contributed by atoms with Crippen LogP contribution in [0.4, 0.5) is 5.69 Å². The first-order chi connectivity index (χ1) is 11.7. The average molecular weight is 382 g/mol. The van der Waals surface area contributed by atoms with Crippen molar-refractivity contribution in [3.05, 3.63) is 29.3 Å². The van der Waals surface area contributed by atoms with Gasteiger partial charge in [-0.2, -0.15) is 0 Å². The predicted octanol–water partition coefficient (Wildman–Crippen LogP) is 2.06. The van der Waals surface area contributed by atoms with Gasteiger partial charge in [-0.05, 0) is 30.5 Å². The van der Waals surface area contributed by atoms with Gasteiger partial charge in [-0.3, -0.25) is 9.79 Å². The van der Waals surface area contributed by atoms with Gasteiger partial charge in [-0.15, -0.1) is 0 Å². The molecule has 1 fully saturated rings. The average Bonchev–Trinajstić information content (AvgIpc) is 2.99. The molecule has 2 N–H and O–H groups in total. The van der Waals surface area contributed by atoms with Gasteiger partial charge in [-0.25, -0.2) is 8.42 Å². The summed E-state index contributed by atoms with van der Waals surface area (Å²) >= 11 is 1.47. The van der Waals surface area contributed by atoms with E-state index in [2.05, 4.69) is 29.5 Å². The van der Waals surface area contributed by atoms with Crippen molar-refractivity contribution in [3.63, 3.8) is 0 Å². The molecule has 0 aliphatic carbocycles. The highest BCUT2D eigenvalue weighted by Gasteiger charge is 2.42. The molecular formula is C17H23N3O3S2. The molecule has 6 nitrogen and oxygen atoms in total. The molecule has 8 heteroatoms. The highest BCUT2D eigenvalue weighted by Crippen LogP contribution is 2.35. The van der Waals surface area contributed by atoms with Gasteiger partial charge in [0, 0.05) is 23.0 Å². The van der Waals surface area contributed by atoms with Crippen molar-refractivity contribution in [2.24, 2.45) is 10.9 Å². The Balaban J connectivity index is 1.71. The first kappa shape index (κ1) is 18.3. The molecule has 3 rings (SSSR count). The molecule has 0 aromatic heterocycles. The van der Waals surface area contributed by atoms with Crippen LogP contribution in [-0.2, 0) is 9.84 Å². The summed E-state index contributed by atoms with van der Waals surface area (Å²) < 4.78 is 23.3. The maximum absolute atomic E-state index is 12.2. The van der Waals surface area contributed by atoms with E-state index in [0.29, 0.717) is 18.0 Å². The molecule has 1 aromatic carbocycles. The quantitative estimate of drug-likeness (QED) is 0.834. The summed E-state index contributed by atoms with van der Waals surface area (Å²) in [5.74, 6) is 0.618. The number of anilines is 1. The van der Waals surface area contributed by atoms with Crippen LogP contribution in [0.1, 0.15) is 29.8 Å². The van der Waals surface area contributed by atoms with Gasteiger partial charge >= 0.3 is 0 Å². The van der Waals surface area contributed by atoms with Gasteiger partial charge < -0.3 is 10.6 Å². The lowest BCUT2D eigenvalue weighted by molar-refractivity contribution is 0.0949. The number of thioether (sulfide) groups is 1. The third kappa shape index (κ3) is 4.36. The van der Waals surface area contributed by atoms with E-state index in [9.17, 15) is 13.2 Å². The number of hydrogen-bond donors (Lipinski definition) is 2. The summed E-state index contributed by atoms with van der Waals surface area (Å²) in [6.07, 6.45) is 0. The number of nitrogens with one attached hydrogen (secondary N) is 2. The number of benzene rings is 1. The highest BCUT2D eigenvalue weighted by molar-refractivity contribution is 8.15.